The van der Waals surface area contributed by atoms with Crippen molar-refractivity contribution in [1.82, 2.24) is 9.97 Å². The number of amides is 2. The molecule has 0 aliphatic heterocycles. The molecule has 4 rings (SSSR count). The summed E-state index contributed by atoms with van der Waals surface area (Å²) in [5, 5.41) is 3.58. The maximum atomic E-state index is 12.6. The lowest BCUT2D eigenvalue weighted by Gasteiger charge is -2.12. The Kier molecular flexibility index (Phi) is 6.00. The van der Waals surface area contributed by atoms with E-state index in [1.54, 1.807) is 42.5 Å². The number of hydrogen-bond donors (Lipinski definition) is 2. The zero-order chi connectivity index (χ0) is 22.7. The number of anilines is 1. The van der Waals surface area contributed by atoms with Gasteiger partial charge in [0.2, 0.25) is 0 Å². The fourth-order valence-electron chi connectivity index (χ4n) is 3.07. The van der Waals surface area contributed by atoms with Crippen molar-refractivity contribution < 1.29 is 19.1 Å². The van der Waals surface area contributed by atoms with Crippen molar-refractivity contribution in [1.29, 1.82) is 0 Å². The fraction of sp³-hybridized carbons (Fsp3) is 0.0435. The summed E-state index contributed by atoms with van der Waals surface area (Å²) in [6, 6.07) is 16.9. The van der Waals surface area contributed by atoms with E-state index in [0.29, 0.717) is 28.3 Å². The molecule has 160 valence electrons. The highest BCUT2D eigenvalue weighted by Crippen LogP contribution is 2.33. The number of ether oxygens (including phenoxy) is 2. The van der Waals surface area contributed by atoms with Gasteiger partial charge in [0.25, 0.3) is 5.91 Å². The Bertz CT molecular complexity index is 1330. The highest BCUT2D eigenvalue weighted by atomic mass is 79.9. The second kappa shape index (κ2) is 9.03. The van der Waals surface area contributed by atoms with Crippen LogP contribution in [0.5, 0.6) is 17.2 Å². The number of para-hydroxylation sites is 2. The molecule has 32 heavy (non-hydrogen) atoms. The van der Waals surface area contributed by atoms with Gasteiger partial charge in [0.05, 0.1) is 5.69 Å². The van der Waals surface area contributed by atoms with E-state index in [0.717, 1.165) is 15.6 Å². The molecule has 0 unspecified atom stereocenters. The van der Waals surface area contributed by atoms with Gasteiger partial charge in [-0.05, 0) is 55.5 Å². The van der Waals surface area contributed by atoms with Crippen LogP contribution < -0.4 is 20.5 Å². The van der Waals surface area contributed by atoms with Gasteiger partial charge in [0.1, 0.15) is 17.6 Å². The standard InChI is InChI=1S/C23H17BrN4O4/c1-13-17-10-15(24)11-20(21(17)27-12-26-13)31-16-8-6-14(7-9-16)22(29)28-18-4-2-3-5-19(18)32-23(25)30/h2-12H,1H3,(H2,25,30)(H,28,29). The Morgan fingerprint density at radius 1 is 1.00 bits per heavy atom. The summed E-state index contributed by atoms with van der Waals surface area (Å²) < 4.78 is 11.8. The van der Waals surface area contributed by atoms with Gasteiger partial charge in [-0.3, -0.25) is 4.79 Å². The van der Waals surface area contributed by atoms with E-state index in [9.17, 15) is 9.59 Å². The summed E-state index contributed by atoms with van der Waals surface area (Å²) in [7, 11) is 0. The first-order valence-corrected chi connectivity index (χ1v) is 10.3. The van der Waals surface area contributed by atoms with Crippen LogP contribution in [0.4, 0.5) is 10.5 Å². The second-order valence-corrected chi connectivity index (χ2v) is 7.67. The predicted octanol–water partition coefficient (Wildman–Crippen LogP) is 5.20. The first-order valence-electron chi connectivity index (χ1n) is 9.47. The van der Waals surface area contributed by atoms with Crippen molar-refractivity contribution >= 4 is 44.5 Å². The van der Waals surface area contributed by atoms with E-state index in [-0.39, 0.29) is 11.7 Å². The number of nitrogens with zero attached hydrogens (tertiary/aromatic N) is 2. The van der Waals surface area contributed by atoms with Gasteiger partial charge in [-0.15, -0.1) is 0 Å². The normalized spacial score (nSPS) is 10.6. The number of nitrogens with two attached hydrogens (primary N) is 1. The minimum atomic E-state index is -0.964. The Labute approximate surface area is 191 Å². The van der Waals surface area contributed by atoms with E-state index in [1.807, 2.05) is 19.1 Å². The summed E-state index contributed by atoms with van der Waals surface area (Å²) in [6.45, 7) is 1.90. The molecule has 0 bridgehead atoms. The molecule has 1 heterocycles. The zero-order valence-corrected chi connectivity index (χ0v) is 18.4. The lowest BCUT2D eigenvalue weighted by molar-refractivity contribution is 0.102. The highest BCUT2D eigenvalue weighted by Gasteiger charge is 2.13. The third-order valence-electron chi connectivity index (χ3n) is 4.56. The minimum Gasteiger partial charge on any atom is -0.455 e. The van der Waals surface area contributed by atoms with Gasteiger partial charge in [-0.1, -0.05) is 28.1 Å². The third kappa shape index (κ3) is 4.68. The molecule has 0 fully saturated rings. The van der Waals surface area contributed by atoms with Crippen LogP contribution in [0, 0.1) is 6.92 Å². The molecule has 1 aromatic heterocycles. The monoisotopic (exact) mass is 492 g/mol. The third-order valence-corrected chi connectivity index (χ3v) is 5.02. The van der Waals surface area contributed by atoms with Crippen LogP contribution in [0.25, 0.3) is 10.9 Å². The molecule has 3 aromatic carbocycles. The second-order valence-electron chi connectivity index (χ2n) is 6.76. The fourth-order valence-corrected chi connectivity index (χ4v) is 3.50. The van der Waals surface area contributed by atoms with E-state index < -0.39 is 6.09 Å². The van der Waals surface area contributed by atoms with Crippen molar-refractivity contribution in [3.8, 4) is 17.2 Å². The number of rotatable bonds is 5. The quantitative estimate of drug-likeness (QED) is 0.395. The summed E-state index contributed by atoms with van der Waals surface area (Å²) in [5.74, 6) is 0.879. The molecule has 0 saturated heterocycles. The molecule has 0 radical (unpaired) electrons. The van der Waals surface area contributed by atoms with Crippen molar-refractivity contribution in [3.63, 3.8) is 0 Å². The Hall–Kier alpha value is -3.98. The molecule has 4 aromatic rings. The molecule has 3 N–H and O–H groups in total. The van der Waals surface area contributed by atoms with Gasteiger partial charge < -0.3 is 20.5 Å². The van der Waals surface area contributed by atoms with Crippen LogP contribution >= 0.6 is 15.9 Å². The summed E-state index contributed by atoms with van der Waals surface area (Å²) in [5.41, 5.74) is 7.32. The van der Waals surface area contributed by atoms with E-state index in [2.05, 4.69) is 31.2 Å². The lowest BCUT2D eigenvalue weighted by atomic mass is 10.1. The number of nitrogens with one attached hydrogen (secondary N) is 1. The Balaban J connectivity index is 1.53. The number of carbonyl (C=O) groups is 2. The van der Waals surface area contributed by atoms with Gasteiger partial charge in [0.15, 0.2) is 11.5 Å². The van der Waals surface area contributed by atoms with E-state index >= 15 is 0 Å². The Morgan fingerprint density at radius 3 is 2.50 bits per heavy atom. The topological polar surface area (TPSA) is 116 Å². The molecular weight excluding hydrogens is 476 g/mol. The molecule has 0 atom stereocenters. The molecule has 0 spiro atoms. The minimum absolute atomic E-state index is 0.159. The smallest absolute Gasteiger partial charge is 0.410 e. The first kappa shape index (κ1) is 21.3. The number of primary amides is 1. The average molecular weight is 493 g/mol. The molecule has 0 aliphatic rings. The largest absolute Gasteiger partial charge is 0.455 e. The van der Waals surface area contributed by atoms with E-state index in [1.165, 1.54) is 12.4 Å². The summed E-state index contributed by atoms with van der Waals surface area (Å²) in [6.07, 6.45) is 0.528. The van der Waals surface area contributed by atoms with Crippen molar-refractivity contribution in [2.24, 2.45) is 5.73 Å². The molecule has 9 heteroatoms. The van der Waals surface area contributed by atoms with Crippen LogP contribution in [-0.2, 0) is 0 Å². The number of aromatic nitrogens is 2. The highest BCUT2D eigenvalue weighted by molar-refractivity contribution is 9.10. The van der Waals surface area contributed by atoms with Crippen LogP contribution in [0.15, 0.2) is 71.5 Å². The number of aryl methyl sites for hydroxylation is 1. The molecule has 8 nitrogen and oxygen atoms in total. The molecule has 2 amide bonds. The van der Waals surface area contributed by atoms with Crippen molar-refractivity contribution in [2.45, 2.75) is 6.92 Å². The van der Waals surface area contributed by atoms with Gasteiger partial charge in [-0.2, -0.15) is 0 Å². The van der Waals surface area contributed by atoms with E-state index in [4.69, 9.17) is 15.2 Å². The Morgan fingerprint density at radius 2 is 1.75 bits per heavy atom. The van der Waals surface area contributed by atoms with Crippen LogP contribution in [0.2, 0.25) is 0 Å². The van der Waals surface area contributed by atoms with Gasteiger partial charge in [0, 0.05) is 21.1 Å². The number of carbonyl (C=O) groups excluding carboxylic acids is 2. The average Bonchev–Trinajstić information content (AvgIpc) is 2.76. The zero-order valence-electron chi connectivity index (χ0n) is 16.8. The van der Waals surface area contributed by atoms with Crippen molar-refractivity contribution in [2.75, 3.05) is 5.32 Å². The SMILES string of the molecule is Cc1ncnc2c(Oc3ccc(C(=O)Nc4ccccc4OC(N)=O)cc3)cc(Br)cc12. The first-order chi connectivity index (χ1) is 15.4. The van der Waals surface area contributed by atoms with Gasteiger partial charge >= 0.3 is 6.09 Å². The maximum Gasteiger partial charge on any atom is 0.410 e. The van der Waals surface area contributed by atoms with Crippen LogP contribution in [-0.4, -0.2) is 22.0 Å². The van der Waals surface area contributed by atoms with Crippen LogP contribution in [0.1, 0.15) is 16.1 Å². The summed E-state index contributed by atoms with van der Waals surface area (Å²) >= 11 is 3.49. The number of fused-ring (bicyclic) bond motifs is 1. The maximum absolute atomic E-state index is 12.6. The number of hydrogen-bond acceptors (Lipinski definition) is 6. The molecular formula is C23H17BrN4O4. The molecule has 0 saturated carbocycles. The number of halogens is 1. The predicted molar refractivity (Wildman–Crippen MR) is 123 cm³/mol. The molecule has 0 aliphatic carbocycles. The van der Waals surface area contributed by atoms with Crippen molar-refractivity contribution in [3.05, 3.63) is 82.7 Å². The summed E-state index contributed by atoms with van der Waals surface area (Å²) in [4.78, 5) is 32.2. The van der Waals surface area contributed by atoms with Crippen LogP contribution in [0.3, 0.4) is 0 Å². The number of benzene rings is 3. The van der Waals surface area contributed by atoms with Gasteiger partial charge in [-0.25, -0.2) is 14.8 Å². The lowest BCUT2D eigenvalue weighted by Crippen LogP contribution is -2.18.